The number of carbonyl (C=O) groups excluding carboxylic acids is 1. The molecule has 0 bridgehead atoms. The molecule has 4 heteroatoms. The molecule has 1 saturated carbocycles. The fourth-order valence-electron chi connectivity index (χ4n) is 4.15. The minimum absolute atomic E-state index is 0.157. The lowest BCUT2D eigenvalue weighted by Gasteiger charge is -2.32. The molecule has 4 rings (SSSR count). The maximum Gasteiger partial charge on any atom is 0.257 e. The molecular weight excluding hydrogens is 264 g/mol. The second-order valence-electron chi connectivity index (χ2n) is 6.36. The van der Waals surface area contributed by atoms with Crippen molar-refractivity contribution in [3.63, 3.8) is 0 Å². The van der Waals surface area contributed by atoms with Crippen molar-refractivity contribution in [1.82, 2.24) is 4.90 Å². The quantitative estimate of drug-likeness (QED) is 0.863. The van der Waals surface area contributed by atoms with Gasteiger partial charge in [-0.25, -0.2) is 0 Å². The van der Waals surface area contributed by atoms with Gasteiger partial charge in [-0.2, -0.15) is 0 Å². The molecule has 1 aliphatic carbocycles. The summed E-state index contributed by atoms with van der Waals surface area (Å²) in [5.74, 6) is 1.62. The van der Waals surface area contributed by atoms with E-state index in [2.05, 4.69) is 10.2 Å². The average molecular weight is 286 g/mol. The number of likely N-dealkylation sites (tertiary alicyclic amines) is 1. The number of amides is 1. The molecule has 2 fully saturated rings. The lowest BCUT2D eigenvalue weighted by Crippen LogP contribution is -2.39. The van der Waals surface area contributed by atoms with Crippen LogP contribution in [0.5, 0.6) is 5.75 Å². The van der Waals surface area contributed by atoms with Gasteiger partial charge in [-0.15, -0.1) is 0 Å². The number of nitrogens with zero attached hydrogens (tertiary/aromatic N) is 1. The summed E-state index contributed by atoms with van der Waals surface area (Å²) in [6.07, 6.45) is 6.22. The van der Waals surface area contributed by atoms with Gasteiger partial charge in [-0.3, -0.25) is 4.79 Å². The normalized spacial score (nSPS) is 27.3. The van der Waals surface area contributed by atoms with E-state index < -0.39 is 0 Å². The zero-order chi connectivity index (χ0) is 14.2. The third-order valence-electron chi connectivity index (χ3n) is 5.18. The molecule has 1 N–H and O–H groups in total. The number of para-hydroxylation sites is 1. The molecule has 2 heterocycles. The summed E-state index contributed by atoms with van der Waals surface area (Å²) >= 11 is 0. The summed E-state index contributed by atoms with van der Waals surface area (Å²) in [7, 11) is 0. The Labute approximate surface area is 125 Å². The van der Waals surface area contributed by atoms with Gasteiger partial charge in [0, 0.05) is 19.1 Å². The van der Waals surface area contributed by atoms with Gasteiger partial charge in [-0.1, -0.05) is 18.9 Å². The number of benzene rings is 1. The van der Waals surface area contributed by atoms with Crippen molar-refractivity contribution in [3.05, 3.63) is 23.8 Å². The fraction of sp³-hybridized carbons (Fsp3) is 0.588. The Hall–Kier alpha value is -1.71. The number of fused-ring (bicyclic) bond motifs is 2. The first-order chi connectivity index (χ1) is 10.3. The predicted molar refractivity (Wildman–Crippen MR) is 81.8 cm³/mol. The van der Waals surface area contributed by atoms with Crippen molar-refractivity contribution >= 4 is 11.6 Å². The summed E-state index contributed by atoms with van der Waals surface area (Å²) in [5.41, 5.74) is 1.68. The first-order valence-corrected chi connectivity index (χ1v) is 8.15. The highest BCUT2D eigenvalue weighted by molar-refractivity contribution is 5.99. The molecular formula is C17H22N2O2. The van der Waals surface area contributed by atoms with E-state index in [0.717, 1.165) is 36.0 Å². The van der Waals surface area contributed by atoms with E-state index in [1.54, 1.807) is 0 Å². The number of anilines is 1. The number of carbonyl (C=O) groups is 1. The van der Waals surface area contributed by atoms with Crippen molar-refractivity contribution in [3.8, 4) is 5.75 Å². The van der Waals surface area contributed by atoms with Crippen molar-refractivity contribution in [1.29, 1.82) is 0 Å². The van der Waals surface area contributed by atoms with Crippen LogP contribution in [0.4, 0.5) is 5.69 Å². The van der Waals surface area contributed by atoms with Crippen LogP contribution < -0.4 is 10.1 Å². The van der Waals surface area contributed by atoms with Gasteiger partial charge in [0.25, 0.3) is 5.91 Å². The standard InChI is InChI=1S/C17H22N2O2/c20-17(19-10-8-12-4-1-2-7-15(12)19)13-5-3-6-14-16(13)21-11-9-18-14/h3,5-6,12,15,18H,1-2,4,7-11H2. The molecule has 1 saturated heterocycles. The summed E-state index contributed by atoms with van der Waals surface area (Å²) in [6, 6.07) is 6.30. The van der Waals surface area contributed by atoms with Crippen LogP contribution >= 0.6 is 0 Å². The van der Waals surface area contributed by atoms with Crippen LogP contribution in [0.2, 0.25) is 0 Å². The molecule has 0 radical (unpaired) electrons. The molecule has 4 nitrogen and oxygen atoms in total. The van der Waals surface area contributed by atoms with Gasteiger partial charge in [-0.05, 0) is 37.3 Å². The first kappa shape index (κ1) is 13.0. The minimum Gasteiger partial charge on any atom is -0.489 e. The van der Waals surface area contributed by atoms with Crippen LogP contribution in [0, 0.1) is 5.92 Å². The second-order valence-corrected chi connectivity index (χ2v) is 6.36. The highest BCUT2D eigenvalue weighted by atomic mass is 16.5. The lowest BCUT2D eigenvalue weighted by atomic mass is 9.85. The van der Waals surface area contributed by atoms with E-state index in [1.165, 1.54) is 32.1 Å². The molecule has 1 amide bonds. The lowest BCUT2D eigenvalue weighted by molar-refractivity contribution is 0.0685. The van der Waals surface area contributed by atoms with Crippen LogP contribution in [-0.4, -0.2) is 36.5 Å². The number of ether oxygens (including phenoxy) is 1. The summed E-state index contributed by atoms with van der Waals surface area (Å²) < 4.78 is 5.76. The second kappa shape index (κ2) is 5.24. The summed E-state index contributed by atoms with van der Waals surface area (Å²) in [6.45, 7) is 2.34. The monoisotopic (exact) mass is 286 g/mol. The number of rotatable bonds is 1. The van der Waals surface area contributed by atoms with E-state index in [1.807, 2.05) is 18.2 Å². The van der Waals surface area contributed by atoms with Gasteiger partial charge >= 0.3 is 0 Å². The fourth-order valence-corrected chi connectivity index (χ4v) is 4.15. The van der Waals surface area contributed by atoms with Gasteiger partial charge in [0.15, 0.2) is 5.75 Å². The average Bonchev–Trinajstić information content (AvgIpc) is 2.98. The number of nitrogens with one attached hydrogen (secondary N) is 1. The molecule has 0 spiro atoms. The zero-order valence-corrected chi connectivity index (χ0v) is 12.3. The van der Waals surface area contributed by atoms with Crippen LogP contribution in [0.3, 0.4) is 0 Å². The van der Waals surface area contributed by atoms with Crippen LogP contribution in [-0.2, 0) is 0 Å². The summed E-state index contributed by atoms with van der Waals surface area (Å²) in [4.78, 5) is 15.1. The van der Waals surface area contributed by atoms with E-state index >= 15 is 0 Å². The molecule has 112 valence electrons. The van der Waals surface area contributed by atoms with E-state index in [9.17, 15) is 4.79 Å². The number of hydrogen-bond acceptors (Lipinski definition) is 3. The van der Waals surface area contributed by atoms with Gasteiger partial charge in [0.2, 0.25) is 0 Å². The van der Waals surface area contributed by atoms with Crippen molar-refractivity contribution in [2.45, 2.75) is 38.1 Å². The van der Waals surface area contributed by atoms with E-state index in [-0.39, 0.29) is 5.91 Å². The highest BCUT2D eigenvalue weighted by Crippen LogP contribution is 2.39. The van der Waals surface area contributed by atoms with Crippen molar-refractivity contribution in [2.75, 3.05) is 25.0 Å². The molecule has 2 atom stereocenters. The molecule has 2 unspecified atom stereocenters. The van der Waals surface area contributed by atoms with Crippen molar-refractivity contribution in [2.24, 2.45) is 5.92 Å². The van der Waals surface area contributed by atoms with E-state index in [4.69, 9.17) is 4.74 Å². The third-order valence-corrected chi connectivity index (χ3v) is 5.18. The van der Waals surface area contributed by atoms with Crippen molar-refractivity contribution < 1.29 is 9.53 Å². The molecule has 3 aliphatic rings. The maximum absolute atomic E-state index is 13.0. The smallest absolute Gasteiger partial charge is 0.257 e. The SMILES string of the molecule is O=C(c1cccc2c1OCCN2)N1CCC2CCCCC21. The minimum atomic E-state index is 0.157. The molecule has 0 aromatic heterocycles. The topological polar surface area (TPSA) is 41.6 Å². The zero-order valence-electron chi connectivity index (χ0n) is 12.3. The Bertz CT molecular complexity index is 558. The van der Waals surface area contributed by atoms with Crippen LogP contribution in [0.25, 0.3) is 0 Å². The molecule has 21 heavy (non-hydrogen) atoms. The van der Waals surface area contributed by atoms with Crippen LogP contribution in [0.15, 0.2) is 18.2 Å². The Balaban J connectivity index is 1.63. The molecule has 2 aliphatic heterocycles. The summed E-state index contributed by atoms with van der Waals surface area (Å²) in [5, 5.41) is 3.31. The Kier molecular flexibility index (Phi) is 3.24. The van der Waals surface area contributed by atoms with Crippen LogP contribution in [0.1, 0.15) is 42.5 Å². The van der Waals surface area contributed by atoms with Gasteiger partial charge in [0.1, 0.15) is 6.61 Å². The molecule has 1 aromatic carbocycles. The Morgan fingerprint density at radius 1 is 1.24 bits per heavy atom. The van der Waals surface area contributed by atoms with Gasteiger partial charge < -0.3 is 15.0 Å². The largest absolute Gasteiger partial charge is 0.489 e. The molecule has 1 aromatic rings. The third kappa shape index (κ3) is 2.17. The van der Waals surface area contributed by atoms with Gasteiger partial charge in [0.05, 0.1) is 11.3 Å². The maximum atomic E-state index is 13.0. The first-order valence-electron chi connectivity index (χ1n) is 8.15. The predicted octanol–water partition coefficient (Wildman–Crippen LogP) is 2.90. The number of hydrogen-bond donors (Lipinski definition) is 1. The van der Waals surface area contributed by atoms with E-state index in [0.29, 0.717) is 12.6 Å². The highest BCUT2D eigenvalue weighted by Gasteiger charge is 2.39. The Morgan fingerprint density at radius 3 is 3.10 bits per heavy atom. The Morgan fingerprint density at radius 2 is 2.14 bits per heavy atom.